The van der Waals surface area contributed by atoms with Gasteiger partial charge < -0.3 is 10.0 Å². The van der Waals surface area contributed by atoms with Crippen molar-refractivity contribution in [3.8, 4) is 6.07 Å². The fourth-order valence-electron chi connectivity index (χ4n) is 1.39. The summed E-state index contributed by atoms with van der Waals surface area (Å²) >= 11 is 0. The fourth-order valence-corrected chi connectivity index (χ4v) is 1.39. The molecule has 1 rings (SSSR count). The molecule has 1 atom stereocenters. The van der Waals surface area contributed by atoms with Gasteiger partial charge >= 0.3 is 5.97 Å². The number of allylic oxidation sites excluding steroid dienone is 2. The van der Waals surface area contributed by atoms with Crippen molar-refractivity contribution in [3.05, 3.63) is 11.8 Å². The second-order valence-corrected chi connectivity index (χ2v) is 3.16. The number of carboxylic acid groups (broad SMARTS) is 1. The minimum absolute atomic E-state index is 0.0198. The van der Waals surface area contributed by atoms with Gasteiger partial charge in [0.2, 0.25) is 5.91 Å². The summed E-state index contributed by atoms with van der Waals surface area (Å²) in [6.07, 6.45) is 1.26. The summed E-state index contributed by atoms with van der Waals surface area (Å²) in [6, 6.07) is 1.81. The van der Waals surface area contributed by atoms with Gasteiger partial charge in [-0.3, -0.25) is 9.59 Å². The second-order valence-electron chi connectivity index (χ2n) is 3.16. The number of carbonyl (C=O) groups excluding carboxylic acids is 1. The largest absolute Gasteiger partial charge is 0.481 e. The Labute approximate surface area is 81.2 Å². The first-order valence-corrected chi connectivity index (χ1v) is 4.15. The van der Waals surface area contributed by atoms with Gasteiger partial charge in [-0.15, -0.1) is 0 Å². The number of nitriles is 1. The van der Waals surface area contributed by atoms with Crippen molar-refractivity contribution in [1.29, 1.82) is 5.26 Å². The number of carboxylic acids is 1. The highest BCUT2D eigenvalue weighted by molar-refractivity contribution is 5.87. The van der Waals surface area contributed by atoms with E-state index in [2.05, 4.69) is 0 Å². The molecule has 74 valence electrons. The van der Waals surface area contributed by atoms with Gasteiger partial charge in [0.15, 0.2) is 0 Å². The molecular weight excluding hydrogens is 184 g/mol. The summed E-state index contributed by atoms with van der Waals surface area (Å²) in [5, 5.41) is 17.1. The van der Waals surface area contributed by atoms with Crippen LogP contribution >= 0.6 is 0 Å². The molecule has 1 amide bonds. The molecule has 0 aromatic rings. The van der Waals surface area contributed by atoms with Crippen LogP contribution in [0.15, 0.2) is 11.8 Å². The minimum atomic E-state index is -0.967. The van der Waals surface area contributed by atoms with Crippen molar-refractivity contribution in [3.63, 3.8) is 0 Å². The molecule has 1 aliphatic heterocycles. The quantitative estimate of drug-likeness (QED) is 0.643. The number of amides is 1. The zero-order chi connectivity index (χ0) is 10.7. The van der Waals surface area contributed by atoms with Gasteiger partial charge in [0.1, 0.15) is 0 Å². The van der Waals surface area contributed by atoms with Crippen molar-refractivity contribution < 1.29 is 14.7 Å². The highest BCUT2D eigenvalue weighted by Gasteiger charge is 2.34. The standard InChI is InChI=1S/C9H10N2O3/c1-6(2-3-10)11-5-7(9(13)14)4-8(11)12/h2,7H,4-5H2,1H3,(H,13,14). The van der Waals surface area contributed by atoms with Crippen LogP contribution in [0.5, 0.6) is 0 Å². The summed E-state index contributed by atoms with van der Waals surface area (Å²) in [7, 11) is 0. The van der Waals surface area contributed by atoms with Crippen molar-refractivity contribution >= 4 is 11.9 Å². The highest BCUT2D eigenvalue weighted by Crippen LogP contribution is 2.21. The van der Waals surface area contributed by atoms with E-state index in [1.165, 1.54) is 11.0 Å². The molecule has 1 fully saturated rings. The maximum Gasteiger partial charge on any atom is 0.308 e. The number of carbonyl (C=O) groups is 2. The first kappa shape index (κ1) is 10.3. The van der Waals surface area contributed by atoms with Gasteiger partial charge in [0.25, 0.3) is 0 Å². The van der Waals surface area contributed by atoms with E-state index in [0.29, 0.717) is 5.70 Å². The van der Waals surface area contributed by atoms with E-state index in [4.69, 9.17) is 10.4 Å². The zero-order valence-electron chi connectivity index (χ0n) is 7.73. The number of hydrogen-bond acceptors (Lipinski definition) is 3. The summed E-state index contributed by atoms with van der Waals surface area (Å²) in [5.74, 6) is -1.85. The Balaban J connectivity index is 2.76. The second kappa shape index (κ2) is 3.92. The lowest BCUT2D eigenvalue weighted by Crippen LogP contribution is -2.24. The molecule has 14 heavy (non-hydrogen) atoms. The third kappa shape index (κ3) is 1.91. The van der Waals surface area contributed by atoms with E-state index in [1.807, 2.05) is 0 Å². The fraction of sp³-hybridized carbons (Fsp3) is 0.444. The molecule has 0 aliphatic carbocycles. The summed E-state index contributed by atoms with van der Waals surface area (Å²) in [4.78, 5) is 23.3. The maximum absolute atomic E-state index is 11.3. The van der Waals surface area contributed by atoms with Crippen molar-refractivity contribution in [2.75, 3.05) is 6.54 Å². The molecule has 0 bridgehead atoms. The molecule has 1 unspecified atom stereocenters. The summed E-state index contributed by atoms with van der Waals surface area (Å²) in [5.41, 5.74) is 0.501. The van der Waals surface area contributed by atoms with E-state index in [-0.39, 0.29) is 18.9 Å². The van der Waals surface area contributed by atoms with Gasteiger partial charge in [-0.1, -0.05) is 0 Å². The van der Waals surface area contributed by atoms with Gasteiger partial charge in [0, 0.05) is 24.7 Å². The third-order valence-electron chi connectivity index (χ3n) is 2.17. The van der Waals surface area contributed by atoms with E-state index in [1.54, 1.807) is 13.0 Å². The number of nitrogens with zero attached hydrogens (tertiary/aromatic N) is 2. The SMILES string of the molecule is CC(=CC#N)N1CC(C(=O)O)CC1=O. The normalized spacial score (nSPS) is 22.3. The molecule has 0 saturated carbocycles. The molecule has 5 nitrogen and oxygen atoms in total. The molecule has 1 N–H and O–H groups in total. The van der Waals surface area contributed by atoms with Crippen LogP contribution in [0, 0.1) is 17.2 Å². The average Bonchev–Trinajstić information content (AvgIpc) is 2.48. The van der Waals surface area contributed by atoms with Crippen molar-refractivity contribution in [2.24, 2.45) is 5.92 Å². The van der Waals surface area contributed by atoms with E-state index >= 15 is 0 Å². The van der Waals surface area contributed by atoms with Crippen molar-refractivity contribution in [1.82, 2.24) is 4.90 Å². The number of aliphatic carboxylic acids is 1. The first-order chi connectivity index (χ1) is 6.56. The van der Waals surface area contributed by atoms with Gasteiger partial charge in [-0.05, 0) is 6.92 Å². The Morgan fingerprint density at radius 3 is 2.86 bits per heavy atom. The number of hydrogen-bond donors (Lipinski definition) is 1. The Hall–Kier alpha value is -1.83. The highest BCUT2D eigenvalue weighted by atomic mass is 16.4. The summed E-state index contributed by atoms with van der Waals surface area (Å²) < 4.78 is 0. The van der Waals surface area contributed by atoms with Gasteiger partial charge in [0.05, 0.1) is 12.0 Å². The van der Waals surface area contributed by atoms with E-state index < -0.39 is 11.9 Å². The first-order valence-electron chi connectivity index (χ1n) is 4.15. The third-order valence-corrected chi connectivity index (χ3v) is 2.17. The lowest BCUT2D eigenvalue weighted by molar-refractivity contribution is -0.141. The average molecular weight is 194 g/mol. The van der Waals surface area contributed by atoms with E-state index in [0.717, 1.165) is 0 Å². The Bertz CT molecular complexity index is 340. The lowest BCUT2D eigenvalue weighted by Gasteiger charge is -2.15. The smallest absolute Gasteiger partial charge is 0.308 e. The van der Waals surface area contributed by atoms with Crippen LogP contribution < -0.4 is 0 Å². The number of rotatable bonds is 2. The topological polar surface area (TPSA) is 81.4 Å². The Morgan fingerprint density at radius 1 is 1.79 bits per heavy atom. The molecule has 0 aromatic heterocycles. The molecule has 1 saturated heterocycles. The molecular formula is C9H10N2O3. The van der Waals surface area contributed by atoms with Crippen LogP contribution in [0.25, 0.3) is 0 Å². The molecule has 0 radical (unpaired) electrons. The molecule has 5 heteroatoms. The minimum Gasteiger partial charge on any atom is -0.481 e. The van der Waals surface area contributed by atoms with Crippen molar-refractivity contribution in [2.45, 2.75) is 13.3 Å². The maximum atomic E-state index is 11.3. The monoisotopic (exact) mass is 194 g/mol. The van der Waals surface area contributed by atoms with E-state index in [9.17, 15) is 9.59 Å². The van der Waals surface area contributed by atoms with Gasteiger partial charge in [-0.25, -0.2) is 0 Å². The van der Waals surface area contributed by atoms with Gasteiger partial charge in [-0.2, -0.15) is 5.26 Å². The molecule has 1 aliphatic rings. The van der Waals surface area contributed by atoms with Crippen LogP contribution in [-0.4, -0.2) is 28.4 Å². The molecule has 0 spiro atoms. The van der Waals surface area contributed by atoms with Crippen LogP contribution in [0.3, 0.4) is 0 Å². The van der Waals surface area contributed by atoms with Crippen LogP contribution in [-0.2, 0) is 9.59 Å². The van der Waals surface area contributed by atoms with Crippen LogP contribution in [0.4, 0.5) is 0 Å². The Morgan fingerprint density at radius 2 is 2.43 bits per heavy atom. The zero-order valence-corrected chi connectivity index (χ0v) is 7.73. The lowest BCUT2D eigenvalue weighted by atomic mass is 10.1. The molecule has 0 aromatic carbocycles. The number of likely N-dealkylation sites (tertiary alicyclic amines) is 1. The molecule has 1 heterocycles. The van der Waals surface area contributed by atoms with Crippen LogP contribution in [0.1, 0.15) is 13.3 Å². The van der Waals surface area contributed by atoms with Crippen LogP contribution in [0.2, 0.25) is 0 Å². The predicted octanol–water partition coefficient (Wildman–Crippen LogP) is 0.347. The summed E-state index contributed by atoms with van der Waals surface area (Å²) in [6.45, 7) is 1.78. The Kier molecular flexibility index (Phi) is 2.87. The predicted molar refractivity (Wildman–Crippen MR) is 46.8 cm³/mol.